The average Bonchev–Trinajstić information content (AvgIpc) is 2.88. The molecule has 0 aliphatic carbocycles. The molecule has 0 aliphatic rings. The highest BCUT2D eigenvalue weighted by atomic mass is 35.5. The van der Waals surface area contributed by atoms with Gasteiger partial charge in [-0.1, -0.05) is 23.7 Å². The Hall–Kier alpha value is -2.53. The standard InChI is InChI=1S/C17H15ClN2O3/c1-10-2-5-12(18)9-13(10)19-16(21)7-4-11-3-6-15-14(8-11)20-17(22)23-15/h2-3,5-6,8-9H,4,7H2,1H3,(H,19,21)(H,20,22). The van der Waals surface area contributed by atoms with Crippen LogP contribution in [0.15, 0.2) is 45.6 Å². The van der Waals surface area contributed by atoms with E-state index in [9.17, 15) is 9.59 Å². The van der Waals surface area contributed by atoms with Gasteiger partial charge in [0.1, 0.15) is 0 Å². The Kier molecular flexibility index (Phi) is 4.21. The minimum atomic E-state index is -0.480. The fraction of sp³-hybridized carbons (Fsp3) is 0.176. The average molecular weight is 331 g/mol. The van der Waals surface area contributed by atoms with Crippen LogP contribution in [0.3, 0.4) is 0 Å². The van der Waals surface area contributed by atoms with Crippen molar-refractivity contribution in [2.45, 2.75) is 19.8 Å². The highest BCUT2D eigenvalue weighted by molar-refractivity contribution is 6.31. The molecule has 1 aromatic heterocycles. The first kappa shape index (κ1) is 15.4. The van der Waals surface area contributed by atoms with Crippen molar-refractivity contribution in [2.75, 3.05) is 5.32 Å². The molecule has 0 radical (unpaired) electrons. The van der Waals surface area contributed by atoms with Crippen LogP contribution in [-0.2, 0) is 11.2 Å². The Balaban J connectivity index is 1.65. The third kappa shape index (κ3) is 3.63. The molecule has 0 saturated carbocycles. The molecule has 1 heterocycles. The molecule has 0 bridgehead atoms. The van der Waals surface area contributed by atoms with Gasteiger partial charge in [-0.25, -0.2) is 4.79 Å². The number of rotatable bonds is 4. The maximum Gasteiger partial charge on any atom is 0.417 e. The lowest BCUT2D eigenvalue weighted by Crippen LogP contribution is -2.13. The monoisotopic (exact) mass is 330 g/mol. The molecule has 2 aromatic carbocycles. The van der Waals surface area contributed by atoms with Crippen LogP contribution < -0.4 is 11.1 Å². The number of aryl methyl sites for hydroxylation is 2. The Morgan fingerprint density at radius 1 is 1.26 bits per heavy atom. The van der Waals surface area contributed by atoms with Gasteiger partial charge in [-0.3, -0.25) is 9.78 Å². The van der Waals surface area contributed by atoms with E-state index in [4.69, 9.17) is 16.0 Å². The third-order valence-electron chi connectivity index (χ3n) is 3.60. The van der Waals surface area contributed by atoms with Gasteiger partial charge in [-0.05, 0) is 48.7 Å². The Labute approximate surface area is 137 Å². The summed E-state index contributed by atoms with van der Waals surface area (Å²) in [6, 6.07) is 10.8. The maximum absolute atomic E-state index is 12.1. The molecule has 0 unspecified atom stereocenters. The predicted molar refractivity (Wildman–Crippen MR) is 90.0 cm³/mol. The molecule has 3 rings (SSSR count). The lowest BCUT2D eigenvalue weighted by molar-refractivity contribution is -0.116. The summed E-state index contributed by atoms with van der Waals surface area (Å²) in [4.78, 5) is 25.8. The predicted octanol–water partition coefficient (Wildman–Crippen LogP) is 3.65. The van der Waals surface area contributed by atoms with Crippen molar-refractivity contribution >= 4 is 34.3 Å². The number of H-pyrrole nitrogens is 1. The summed E-state index contributed by atoms with van der Waals surface area (Å²) < 4.78 is 4.95. The number of aromatic nitrogens is 1. The Morgan fingerprint density at radius 2 is 2.09 bits per heavy atom. The SMILES string of the molecule is Cc1ccc(Cl)cc1NC(=O)CCc1ccc2oc(=O)[nH]c2c1. The Morgan fingerprint density at radius 3 is 2.91 bits per heavy atom. The van der Waals surface area contributed by atoms with Crippen LogP contribution in [-0.4, -0.2) is 10.9 Å². The molecular weight excluding hydrogens is 316 g/mol. The van der Waals surface area contributed by atoms with Crippen molar-refractivity contribution in [3.8, 4) is 0 Å². The normalized spacial score (nSPS) is 10.9. The van der Waals surface area contributed by atoms with E-state index in [2.05, 4.69) is 10.3 Å². The Bertz CT molecular complexity index is 927. The number of carbonyl (C=O) groups excluding carboxylic acids is 1. The molecule has 5 nitrogen and oxygen atoms in total. The smallest absolute Gasteiger partial charge is 0.408 e. The van der Waals surface area contributed by atoms with Crippen LogP contribution in [0.1, 0.15) is 17.5 Å². The number of aromatic amines is 1. The second kappa shape index (κ2) is 6.30. The maximum atomic E-state index is 12.1. The highest BCUT2D eigenvalue weighted by Gasteiger charge is 2.07. The molecule has 0 saturated heterocycles. The molecule has 1 amide bonds. The van der Waals surface area contributed by atoms with Gasteiger partial charge in [0.2, 0.25) is 5.91 Å². The number of amides is 1. The van der Waals surface area contributed by atoms with Crippen molar-refractivity contribution < 1.29 is 9.21 Å². The fourth-order valence-corrected chi connectivity index (χ4v) is 2.53. The largest absolute Gasteiger partial charge is 0.417 e. The van der Waals surface area contributed by atoms with E-state index in [1.807, 2.05) is 25.1 Å². The number of halogens is 1. The molecule has 118 valence electrons. The van der Waals surface area contributed by atoms with Crippen molar-refractivity contribution in [2.24, 2.45) is 0 Å². The van der Waals surface area contributed by atoms with Gasteiger partial charge in [-0.15, -0.1) is 0 Å². The molecular formula is C17H15ClN2O3. The number of oxazole rings is 1. The van der Waals surface area contributed by atoms with Gasteiger partial charge >= 0.3 is 5.76 Å². The van der Waals surface area contributed by atoms with E-state index < -0.39 is 5.76 Å². The van der Waals surface area contributed by atoms with Crippen LogP contribution in [0.5, 0.6) is 0 Å². The van der Waals surface area contributed by atoms with Gasteiger partial charge in [-0.2, -0.15) is 0 Å². The second-order valence-corrected chi connectivity index (χ2v) is 5.79. The van der Waals surface area contributed by atoms with Crippen molar-refractivity contribution in [1.29, 1.82) is 0 Å². The zero-order valence-corrected chi connectivity index (χ0v) is 13.2. The van der Waals surface area contributed by atoms with Crippen LogP contribution in [0.4, 0.5) is 5.69 Å². The van der Waals surface area contributed by atoms with Crippen LogP contribution in [0.25, 0.3) is 11.1 Å². The van der Waals surface area contributed by atoms with E-state index in [-0.39, 0.29) is 5.91 Å². The second-order valence-electron chi connectivity index (χ2n) is 5.35. The molecule has 23 heavy (non-hydrogen) atoms. The summed E-state index contributed by atoms with van der Waals surface area (Å²) in [5.41, 5.74) is 3.78. The summed E-state index contributed by atoms with van der Waals surface area (Å²) in [5.74, 6) is -0.567. The number of hydrogen-bond acceptors (Lipinski definition) is 3. The van der Waals surface area contributed by atoms with Gasteiger partial charge in [0.15, 0.2) is 5.58 Å². The molecule has 0 atom stereocenters. The molecule has 2 N–H and O–H groups in total. The summed E-state index contributed by atoms with van der Waals surface area (Å²) in [5, 5.41) is 3.45. The minimum Gasteiger partial charge on any atom is -0.408 e. The topological polar surface area (TPSA) is 75.1 Å². The van der Waals surface area contributed by atoms with E-state index in [1.165, 1.54) is 0 Å². The number of nitrogens with one attached hydrogen (secondary N) is 2. The number of benzene rings is 2. The zero-order chi connectivity index (χ0) is 16.4. The highest BCUT2D eigenvalue weighted by Crippen LogP contribution is 2.20. The first-order valence-electron chi connectivity index (χ1n) is 7.19. The van der Waals surface area contributed by atoms with E-state index in [0.717, 1.165) is 16.8 Å². The molecule has 0 aliphatic heterocycles. The quantitative estimate of drug-likeness (QED) is 0.766. The zero-order valence-electron chi connectivity index (χ0n) is 12.5. The van der Waals surface area contributed by atoms with Gasteiger partial charge in [0.25, 0.3) is 0 Å². The molecule has 0 spiro atoms. The minimum absolute atomic E-state index is 0.0869. The number of fused-ring (bicyclic) bond motifs is 1. The van der Waals surface area contributed by atoms with Gasteiger partial charge < -0.3 is 9.73 Å². The van der Waals surface area contributed by atoms with Crippen molar-refractivity contribution in [3.05, 3.63) is 63.1 Å². The van der Waals surface area contributed by atoms with Crippen LogP contribution >= 0.6 is 11.6 Å². The van der Waals surface area contributed by atoms with Crippen LogP contribution in [0, 0.1) is 6.92 Å². The van der Waals surface area contributed by atoms with E-state index >= 15 is 0 Å². The lowest BCUT2D eigenvalue weighted by atomic mass is 10.1. The number of carbonyl (C=O) groups is 1. The lowest BCUT2D eigenvalue weighted by Gasteiger charge is -2.09. The summed E-state index contributed by atoms with van der Waals surface area (Å²) in [7, 11) is 0. The van der Waals surface area contributed by atoms with E-state index in [0.29, 0.717) is 29.0 Å². The summed E-state index contributed by atoms with van der Waals surface area (Å²) in [6.45, 7) is 1.91. The van der Waals surface area contributed by atoms with Gasteiger partial charge in [0.05, 0.1) is 5.52 Å². The van der Waals surface area contributed by atoms with E-state index in [1.54, 1.807) is 18.2 Å². The molecule has 6 heteroatoms. The van der Waals surface area contributed by atoms with Crippen LogP contribution in [0.2, 0.25) is 5.02 Å². The molecule has 0 fully saturated rings. The number of anilines is 1. The first-order chi connectivity index (χ1) is 11.0. The number of hydrogen-bond donors (Lipinski definition) is 2. The fourth-order valence-electron chi connectivity index (χ4n) is 2.35. The van der Waals surface area contributed by atoms with Crippen molar-refractivity contribution in [3.63, 3.8) is 0 Å². The molecule has 3 aromatic rings. The van der Waals surface area contributed by atoms with Crippen molar-refractivity contribution in [1.82, 2.24) is 4.98 Å². The van der Waals surface area contributed by atoms with Gasteiger partial charge in [0, 0.05) is 17.1 Å². The summed E-state index contributed by atoms with van der Waals surface area (Å²) in [6.07, 6.45) is 0.897. The first-order valence-corrected chi connectivity index (χ1v) is 7.57. The summed E-state index contributed by atoms with van der Waals surface area (Å²) >= 11 is 5.94. The third-order valence-corrected chi connectivity index (χ3v) is 3.83.